The molecule has 0 unspecified atom stereocenters. The Morgan fingerprint density at radius 2 is 1.61 bits per heavy atom. The maximum atomic E-state index is 13.1. The van der Waals surface area contributed by atoms with Crippen molar-refractivity contribution >= 4 is 11.6 Å². The fourth-order valence-corrected chi connectivity index (χ4v) is 4.19. The van der Waals surface area contributed by atoms with Gasteiger partial charge in [-0.05, 0) is 58.4 Å². The van der Waals surface area contributed by atoms with Gasteiger partial charge in [-0.2, -0.15) is 5.10 Å². The standard InChI is InChI=1S/C28H32N4O4/c1-6-34-23-12-10-9-11-21(23)16-30-28(33)22-17-29-27-26(18(4)31-32(27)19(22)5)20-13-14-24(35-7-2)25(15-20)36-8-3/h9-15,17H,6-8,16H2,1-5H3,(H,30,33). The van der Waals surface area contributed by atoms with Crippen LogP contribution in [0.1, 0.15) is 48.1 Å². The largest absolute Gasteiger partial charge is 0.494 e. The van der Waals surface area contributed by atoms with Crippen molar-refractivity contribution in [3.8, 4) is 28.4 Å². The molecule has 8 nitrogen and oxygen atoms in total. The molecule has 0 aliphatic rings. The summed E-state index contributed by atoms with van der Waals surface area (Å²) in [5.74, 6) is 1.92. The van der Waals surface area contributed by atoms with Crippen LogP contribution >= 0.6 is 0 Å². The van der Waals surface area contributed by atoms with Gasteiger partial charge in [-0.1, -0.05) is 24.3 Å². The Morgan fingerprint density at radius 1 is 0.917 bits per heavy atom. The van der Waals surface area contributed by atoms with Crippen molar-refractivity contribution in [2.45, 2.75) is 41.2 Å². The van der Waals surface area contributed by atoms with Crippen molar-refractivity contribution in [1.29, 1.82) is 0 Å². The molecule has 0 saturated carbocycles. The van der Waals surface area contributed by atoms with Crippen LogP contribution in [0.4, 0.5) is 0 Å². The predicted octanol–water partition coefficient (Wildman–Crippen LogP) is 5.14. The summed E-state index contributed by atoms with van der Waals surface area (Å²) in [5, 5.41) is 7.69. The number of aryl methyl sites for hydroxylation is 2. The van der Waals surface area contributed by atoms with Crippen LogP contribution in [-0.4, -0.2) is 40.3 Å². The third kappa shape index (κ3) is 4.98. The molecule has 0 saturated heterocycles. The lowest BCUT2D eigenvalue weighted by Gasteiger charge is -2.13. The lowest BCUT2D eigenvalue weighted by Crippen LogP contribution is -2.25. The molecule has 4 rings (SSSR count). The Hall–Kier alpha value is -4.07. The van der Waals surface area contributed by atoms with Crippen LogP contribution in [0.5, 0.6) is 17.2 Å². The van der Waals surface area contributed by atoms with Crippen LogP contribution in [0, 0.1) is 13.8 Å². The number of amides is 1. The van der Waals surface area contributed by atoms with Gasteiger partial charge in [0.05, 0.1) is 36.8 Å². The molecule has 0 fully saturated rings. The second-order valence-electron chi connectivity index (χ2n) is 8.20. The summed E-state index contributed by atoms with van der Waals surface area (Å²) in [7, 11) is 0. The number of hydrogen-bond donors (Lipinski definition) is 1. The van der Waals surface area contributed by atoms with Gasteiger partial charge >= 0.3 is 0 Å². The molecule has 36 heavy (non-hydrogen) atoms. The Labute approximate surface area is 211 Å². The fourth-order valence-electron chi connectivity index (χ4n) is 4.19. The Balaban J connectivity index is 1.64. The van der Waals surface area contributed by atoms with E-state index in [0.29, 0.717) is 54.8 Å². The van der Waals surface area contributed by atoms with E-state index in [-0.39, 0.29) is 5.91 Å². The molecular formula is C28H32N4O4. The van der Waals surface area contributed by atoms with E-state index < -0.39 is 0 Å². The number of fused-ring (bicyclic) bond motifs is 1. The lowest BCUT2D eigenvalue weighted by atomic mass is 10.1. The van der Waals surface area contributed by atoms with E-state index in [9.17, 15) is 4.79 Å². The van der Waals surface area contributed by atoms with Crippen LogP contribution in [0.25, 0.3) is 16.8 Å². The lowest BCUT2D eigenvalue weighted by molar-refractivity contribution is 0.0949. The highest BCUT2D eigenvalue weighted by atomic mass is 16.5. The average Bonchev–Trinajstić information content (AvgIpc) is 3.22. The SMILES string of the molecule is CCOc1ccccc1CNC(=O)c1cnc2c(-c3ccc(OCC)c(OCC)c3)c(C)nn2c1C. The van der Waals surface area contributed by atoms with Crippen molar-refractivity contribution in [3.63, 3.8) is 0 Å². The Kier molecular flexibility index (Phi) is 7.73. The smallest absolute Gasteiger partial charge is 0.254 e. The molecule has 4 aromatic rings. The van der Waals surface area contributed by atoms with Gasteiger partial charge in [-0.25, -0.2) is 9.50 Å². The second-order valence-corrected chi connectivity index (χ2v) is 8.20. The van der Waals surface area contributed by atoms with Gasteiger partial charge in [-0.3, -0.25) is 4.79 Å². The van der Waals surface area contributed by atoms with E-state index in [1.165, 1.54) is 0 Å². The van der Waals surface area contributed by atoms with Crippen LogP contribution in [-0.2, 0) is 6.54 Å². The van der Waals surface area contributed by atoms with Crippen molar-refractivity contribution in [2.75, 3.05) is 19.8 Å². The maximum absolute atomic E-state index is 13.1. The van der Waals surface area contributed by atoms with Crippen molar-refractivity contribution in [3.05, 3.63) is 71.2 Å². The van der Waals surface area contributed by atoms with Crippen LogP contribution in [0.15, 0.2) is 48.7 Å². The number of hydrogen-bond acceptors (Lipinski definition) is 6. The second kappa shape index (κ2) is 11.1. The van der Waals surface area contributed by atoms with Crippen molar-refractivity contribution in [2.24, 2.45) is 0 Å². The minimum atomic E-state index is -0.220. The summed E-state index contributed by atoms with van der Waals surface area (Å²) < 4.78 is 18.9. The zero-order valence-electron chi connectivity index (χ0n) is 21.4. The first-order valence-electron chi connectivity index (χ1n) is 12.2. The molecule has 2 aromatic carbocycles. The van der Waals surface area contributed by atoms with E-state index in [4.69, 9.17) is 19.3 Å². The highest BCUT2D eigenvalue weighted by Gasteiger charge is 2.20. The molecular weight excluding hydrogens is 456 g/mol. The molecule has 0 aliphatic heterocycles. The van der Waals surface area contributed by atoms with E-state index >= 15 is 0 Å². The number of rotatable bonds is 10. The summed E-state index contributed by atoms with van der Waals surface area (Å²) in [4.78, 5) is 17.7. The molecule has 0 spiro atoms. The molecule has 8 heteroatoms. The highest BCUT2D eigenvalue weighted by Crippen LogP contribution is 2.36. The van der Waals surface area contributed by atoms with Gasteiger partial charge in [0.15, 0.2) is 17.1 Å². The van der Waals surface area contributed by atoms with Gasteiger partial charge < -0.3 is 19.5 Å². The number of nitrogens with one attached hydrogen (secondary N) is 1. The molecule has 0 bridgehead atoms. The number of nitrogens with zero attached hydrogens (tertiary/aromatic N) is 3. The first-order valence-corrected chi connectivity index (χ1v) is 12.2. The van der Waals surface area contributed by atoms with Crippen LogP contribution in [0.3, 0.4) is 0 Å². The minimum absolute atomic E-state index is 0.220. The van der Waals surface area contributed by atoms with Gasteiger partial charge in [0.1, 0.15) is 5.75 Å². The first kappa shape index (κ1) is 25.0. The zero-order valence-corrected chi connectivity index (χ0v) is 21.4. The van der Waals surface area contributed by atoms with Crippen molar-refractivity contribution < 1.29 is 19.0 Å². The number of carbonyl (C=O) groups excluding carboxylic acids is 1. The van der Waals surface area contributed by atoms with E-state index in [0.717, 1.165) is 28.1 Å². The molecule has 0 aliphatic carbocycles. The minimum Gasteiger partial charge on any atom is -0.494 e. The first-order chi connectivity index (χ1) is 17.5. The zero-order chi connectivity index (χ0) is 25.7. The summed E-state index contributed by atoms with van der Waals surface area (Å²) in [5.41, 5.74) is 5.38. The van der Waals surface area contributed by atoms with Gasteiger partial charge in [-0.15, -0.1) is 0 Å². The van der Waals surface area contributed by atoms with E-state index in [2.05, 4.69) is 10.3 Å². The summed E-state index contributed by atoms with van der Waals surface area (Å²) in [6.07, 6.45) is 1.61. The third-order valence-corrected chi connectivity index (χ3v) is 5.85. The van der Waals surface area contributed by atoms with Crippen LogP contribution < -0.4 is 19.5 Å². The molecule has 0 atom stereocenters. The fraction of sp³-hybridized carbons (Fsp3) is 0.321. The molecule has 2 aromatic heterocycles. The summed E-state index contributed by atoms with van der Waals surface area (Å²) in [6.45, 7) is 11.6. The number of carbonyl (C=O) groups is 1. The average molecular weight is 489 g/mol. The van der Waals surface area contributed by atoms with Gasteiger partial charge in [0.25, 0.3) is 5.91 Å². The maximum Gasteiger partial charge on any atom is 0.254 e. The Bertz CT molecular complexity index is 1380. The molecule has 1 amide bonds. The number of ether oxygens (including phenoxy) is 3. The molecule has 1 N–H and O–H groups in total. The Morgan fingerprint density at radius 3 is 2.36 bits per heavy atom. The molecule has 188 valence electrons. The molecule has 0 radical (unpaired) electrons. The van der Waals surface area contributed by atoms with Gasteiger partial charge in [0, 0.05) is 23.9 Å². The summed E-state index contributed by atoms with van der Waals surface area (Å²) in [6, 6.07) is 13.5. The number of benzene rings is 2. The van der Waals surface area contributed by atoms with E-state index in [1.54, 1.807) is 10.7 Å². The quantitative estimate of drug-likeness (QED) is 0.333. The number of aromatic nitrogens is 3. The normalized spacial score (nSPS) is 10.9. The monoisotopic (exact) mass is 488 g/mol. The van der Waals surface area contributed by atoms with Crippen molar-refractivity contribution in [1.82, 2.24) is 19.9 Å². The van der Waals surface area contributed by atoms with E-state index in [1.807, 2.05) is 77.1 Å². The van der Waals surface area contributed by atoms with Crippen LogP contribution in [0.2, 0.25) is 0 Å². The predicted molar refractivity (Wildman–Crippen MR) is 139 cm³/mol. The topological polar surface area (TPSA) is 87.0 Å². The highest BCUT2D eigenvalue weighted by molar-refractivity contribution is 5.95. The summed E-state index contributed by atoms with van der Waals surface area (Å²) >= 11 is 0. The third-order valence-electron chi connectivity index (χ3n) is 5.85. The molecule has 2 heterocycles. The number of para-hydroxylation sites is 1. The van der Waals surface area contributed by atoms with Gasteiger partial charge in [0.2, 0.25) is 0 Å².